The zero-order valence-electron chi connectivity index (χ0n) is 9.94. The van der Waals surface area contributed by atoms with Crippen molar-refractivity contribution in [3.05, 3.63) is 40.9 Å². The van der Waals surface area contributed by atoms with E-state index in [-0.39, 0.29) is 5.91 Å². The third-order valence-corrected chi connectivity index (χ3v) is 2.40. The summed E-state index contributed by atoms with van der Waals surface area (Å²) in [5.74, 6) is 0.328. The van der Waals surface area contributed by atoms with Crippen LogP contribution >= 0.6 is 15.9 Å². The van der Waals surface area contributed by atoms with Crippen molar-refractivity contribution >= 4 is 21.8 Å². The molecule has 1 amide bonds. The van der Waals surface area contributed by atoms with Gasteiger partial charge < -0.3 is 10.1 Å². The molecule has 1 rings (SSSR count). The molecule has 0 radical (unpaired) electrons. The highest BCUT2D eigenvalue weighted by molar-refractivity contribution is 9.11. The number of rotatable bonds is 5. The van der Waals surface area contributed by atoms with Gasteiger partial charge in [0, 0.05) is 11.0 Å². The zero-order valence-corrected chi connectivity index (χ0v) is 11.5. The Kier molecular flexibility index (Phi) is 5.40. The molecule has 1 aromatic carbocycles. The quantitative estimate of drug-likeness (QED) is 0.908. The normalized spacial score (nSPS) is 11.2. The van der Waals surface area contributed by atoms with Gasteiger partial charge >= 0.3 is 0 Å². The molecule has 5 heteroatoms. The van der Waals surface area contributed by atoms with Crippen LogP contribution in [0, 0.1) is 11.3 Å². The van der Waals surface area contributed by atoms with Crippen molar-refractivity contribution < 1.29 is 9.53 Å². The molecule has 1 atom stereocenters. The Morgan fingerprint density at radius 3 is 2.67 bits per heavy atom. The van der Waals surface area contributed by atoms with Crippen molar-refractivity contribution in [2.45, 2.75) is 13.0 Å². The summed E-state index contributed by atoms with van der Waals surface area (Å²) < 4.78 is 6.14. The summed E-state index contributed by atoms with van der Waals surface area (Å²) in [6.45, 7) is 5.64. The number of ether oxygens (including phenoxy) is 1. The van der Waals surface area contributed by atoms with Crippen LogP contribution in [0.4, 0.5) is 0 Å². The van der Waals surface area contributed by atoms with E-state index in [0.29, 0.717) is 22.3 Å². The first kappa shape index (κ1) is 14.3. The van der Waals surface area contributed by atoms with Gasteiger partial charge in [0.15, 0.2) is 6.10 Å². The van der Waals surface area contributed by atoms with Crippen molar-refractivity contribution in [3.8, 4) is 11.8 Å². The first-order valence-corrected chi connectivity index (χ1v) is 6.10. The lowest BCUT2D eigenvalue weighted by atomic mass is 10.2. The lowest BCUT2D eigenvalue weighted by Gasteiger charge is -2.14. The molecule has 0 aliphatic rings. The van der Waals surface area contributed by atoms with E-state index in [9.17, 15) is 4.79 Å². The molecule has 0 unspecified atom stereocenters. The van der Waals surface area contributed by atoms with Gasteiger partial charge in [0.2, 0.25) is 0 Å². The minimum atomic E-state index is -0.607. The van der Waals surface area contributed by atoms with E-state index in [1.54, 1.807) is 31.2 Å². The van der Waals surface area contributed by atoms with Crippen molar-refractivity contribution in [2.24, 2.45) is 0 Å². The highest BCUT2D eigenvalue weighted by Gasteiger charge is 2.13. The standard InChI is InChI=1S/C13H13BrN2O2/c1-9(14)8-16-13(17)10(2)18-12-5-3-11(7-15)4-6-12/h3-6,10H,1,8H2,2H3,(H,16,17)/t10-/m0/s1. The van der Waals surface area contributed by atoms with Crippen LogP contribution in [0.5, 0.6) is 5.75 Å². The fourth-order valence-corrected chi connectivity index (χ4v) is 1.33. The minimum Gasteiger partial charge on any atom is -0.481 e. The second-order valence-corrected chi connectivity index (χ2v) is 4.75. The van der Waals surface area contributed by atoms with Crippen LogP contribution in [0.3, 0.4) is 0 Å². The number of carbonyl (C=O) groups excluding carboxylic acids is 1. The van der Waals surface area contributed by atoms with Gasteiger partial charge in [-0.3, -0.25) is 4.79 Å². The molecule has 0 heterocycles. The molecule has 0 aliphatic carbocycles. The minimum absolute atomic E-state index is 0.222. The summed E-state index contributed by atoms with van der Waals surface area (Å²) in [6.07, 6.45) is -0.607. The van der Waals surface area contributed by atoms with E-state index in [4.69, 9.17) is 10.00 Å². The number of amides is 1. The largest absolute Gasteiger partial charge is 0.481 e. The van der Waals surface area contributed by atoms with Crippen molar-refractivity contribution in [2.75, 3.05) is 6.54 Å². The van der Waals surface area contributed by atoms with Gasteiger partial charge in [0.1, 0.15) is 5.75 Å². The topological polar surface area (TPSA) is 62.1 Å². The number of nitriles is 1. The highest BCUT2D eigenvalue weighted by Crippen LogP contribution is 2.13. The summed E-state index contributed by atoms with van der Waals surface area (Å²) in [5, 5.41) is 11.3. The molecule has 1 N–H and O–H groups in total. The van der Waals surface area contributed by atoms with Crippen LogP contribution in [0.2, 0.25) is 0 Å². The third kappa shape index (κ3) is 4.60. The summed E-state index contributed by atoms with van der Waals surface area (Å²) in [5.41, 5.74) is 0.551. The Labute approximate surface area is 114 Å². The van der Waals surface area contributed by atoms with Gasteiger partial charge in [-0.25, -0.2) is 0 Å². The smallest absolute Gasteiger partial charge is 0.261 e. The molecule has 94 valence electrons. The summed E-state index contributed by atoms with van der Waals surface area (Å²) in [7, 11) is 0. The number of nitrogens with one attached hydrogen (secondary N) is 1. The fraction of sp³-hybridized carbons (Fsp3) is 0.231. The average Bonchev–Trinajstić information content (AvgIpc) is 2.36. The molecular weight excluding hydrogens is 296 g/mol. The molecule has 0 saturated heterocycles. The second-order valence-electron chi connectivity index (χ2n) is 3.63. The summed E-state index contributed by atoms with van der Waals surface area (Å²) in [4.78, 5) is 11.6. The molecule has 4 nitrogen and oxygen atoms in total. The number of benzene rings is 1. The molecule has 0 saturated carbocycles. The van der Waals surface area contributed by atoms with E-state index < -0.39 is 6.10 Å². The lowest BCUT2D eigenvalue weighted by Crippen LogP contribution is -2.36. The van der Waals surface area contributed by atoms with E-state index in [1.165, 1.54) is 0 Å². The second kappa shape index (κ2) is 6.82. The summed E-state index contributed by atoms with van der Waals surface area (Å²) >= 11 is 3.15. The number of carbonyl (C=O) groups is 1. The first-order chi connectivity index (χ1) is 8.52. The van der Waals surface area contributed by atoms with E-state index in [1.807, 2.05) is 6.07 Å². The predicted octanol–water partition coefficient (Wildman–Crippen LogP) is 2.35. The van der Waals surface area contributed by atoms with E-state index >= 15 is 0 Å². The van der Waals surface area contributed by atoms with E-state index in [0.717, 1.165) is 0 Å². The highest BCUT2D eigenvalue weighted by atomic mass is 79.9. The first-order valence-electron chi connectivity index (χ1n) is 5.30. The van der Waals surface area contributed by atoms with Gasteiger partial charge in [-0.2, -0.15) is 5.26 Å². The lowest BCUT2D eigenvalue weighted by molar-refractivity contribution is -0.127. The van der Waals surface area contributed by atoms with Crippen LogP contribution in [0.25, 0.3) is 0 Å². The Morgan fingerprint density at radius 2 is 2.17 bits per heavy atom. The Hall–Kier alpha value is -1.80. The van der Waals surface area contributed by atoms with Crippen LogP contribution < -0.4 is 10.1 Å². The summed E-state index contributed by atoms with van der Waals surface area (Å²) in [6, 6.07) is 8.61. The van der Waals surface area contributed by atoms with Crippen LogP contribution in [0.15, 0.2) is 35.3 Å². The SMILES string of the molecule is C=C(Br)CNC(=O)[C@H](C)Oc1ccc(C#N)cc1. The van der Waals surface area contributed by atoms with Gasteiger partial charge in [-0.15, -0.1) is 0 Å². The Morgan fingerprint density at radius 1 is 1.56 bits per heavy atom. The third-order valence-electron chi connectivity index (χ3n) is 2.12. The zero-order chi connectivity index (χ0) is 13.5. The Bertz CT molecular complexity index is 477. The van der Waals surface area contributed by atoms with Gasteiger partial charge in [-0.05, 0) is 31.2 Å². The average molecular weight is 309 g/mol. The maximum atomic E-state index is 11.6. The van der Waals surface area contributed by atoms with Crippen LogP contribution in [-0.2, 0) is 4.79 Å². The molecule has 0 bridgehead atoms. The molecule has 0 aliphatic heterocycles. The number of hydrogen-bond donors (Lipinski definition) is 1. The molecule has 18 heavy (non-hydrogen) atoms. The monoisotopic (exact) mass is 308 g/mol. The molecular formula is C13H13BrN2O2. The van der Waals surface area contributed by atoms with Crippen LogP contribution in [-0.4, -0.2) is 18.6 Å². The van der Waals surface area contributed by atoms with Gasteiger partial charge in [0.05, 0.1) is 11.6 Å². The number of nitrogens with zero attached hydrogens (tertiary/aromatic N) is 1. The number of hydrogen-bond acceptors (Lipinski definition) is 3. The number of halogens is 1. The molecule has 0 spiro atoms. The molecule has 1 aromatic rings. The van der Waals surface area contributed by atoms with Gasteiger partial charge in [-0.1, -0.05) is 22.5 Å². The van der Waals surface area contributed by atoms with Gasteiger partial charge in [0.25, 0.3) is 5.91 Å². The van der Waals surface area contributed by atoms with Crippen molar-refractivity contribution in [1.82, 2.24) is 5.32 Å². The van der Waals surface area contributed by atoms with Crippen LogP contribution in [0.1, 0.15) is 12.5 Å². The van der Waals surface area contributed by atoms with E-state index in [2.05, 4.69) is 27.8 Å². The van der Waals surface area contributed by atoms with Crippen molar-refractivity contribution in [3.63, 3.8) is 0 Å². The molecule has 0 fully saturated rings. The molecule has 0 aromatic heterocycles. The predicted molar refractivity (Wildman–Crippen MR) is 72.3 cm³/mol. The van der Waals surface area contributed by atoms with Crippen molar-refractivity contribution in [1.29, 1.82) is 5.26 Å². The maximum absolute atomic E-state index is 11.6. The maximum Gasteiger partial charge on any atom is 0.261 e. The Balaban J connectivity index is 2.53. The fourth-order valence-electron chi connectivity index (χ4n) is 1.19.